The van der Waals surface area contributed by atoms with Crippen LogP contribution >= 0.6 is 0 Å². The minimum Gasteiger partial charge on any atom is -0.481 e. The molecule has 41 heavy (non-hydrogen) atoms. The summed E-state index contributed by atoms with van der Waals surface area (Å²) >= 11 is 0. The van der Waals surface area contributed by atoms with Crippen molar-refractivity contribution in [3.05, 3.63) is 137 Å². The Balaban J connectivity index is 1.40. The summed E-state index contributed by atoms with van der Waals surface area (Å²) in [4.78, 5) is 28.1. The van der Waals surface area contributed by atoms with Crippen LogP contribution in [-0.2, 0) is 17.6 Å². The van der Waals surface area contributed by atoms with Crippen LogP contribution in [-0.4, -0.2) is 21.8 Å². The van der Waals surface area contributed by atoms with Gasteiger partial charge in [-0.3, -0.25) is 9.59 Å². The first-order valence-corrected chi connectivity index (χ1v) is 14.2. The minimum atomic E-state index is -0.843. The zero-order valence-corrected chi connectivity index (χ0v) is 23.5. The SMILES string of the molecule is CC(C)Cc1ccc(C(Oc2ccc(C(=O)c3c(CCCC(=O)O)[nH]c4ccccc34)cc2)c2ccccc2)cc1. The third kappa shape index (κ3) is 6.75. The van der Waals surface area contributed by atoms with Crippen molar-refractivity contribution in [2.24, 2.45) is 5.92 Å². The first-order chi connectivity index (χ1) is 19.9. The number of rotatable bonds is 12. The van der Waals surface area contributed by atoms with E-state index >= 15 is 0 Å². The van der Waals surface area contributed by atoms with E-state index in [0.29, 0.717) is 35.6 Å². The van der Waals surface area contributed by atoms with Crippen molar-refractivity contribution >= 4 is 22.7 Å². The van der Waals surface area contributed by atoms with Crippen molar-refractivity contribution in [2.75, 3.05) is 0 Å². The Kier molecular flexibility index (Phi) is 8.64. The summed E-state index contributed by atoms with van der Waals surface area (Å²) in [6.07, 6.45) is 1.73. The number of aromatic amines is 1. The van der Waals surface area contributed by atoms with Gasteiger partial charge in [0.15, 0.2) is 5.78 Å². The van der Waals surface area contributed by atoms with Gasteiger partial charge in [-0.2, -0.15) is 0 Å². The summed E-state index contributed by atoms with van der Waals surface area (Å²) in [6.45, 7) is 4.44. The number of ketones is 1. The molecule has 5 nitrogen and oxygen atoms in total. The number of hydrogen-bond acceptors (Lipinski definition) is 3. The topological polar surface area (TPSA) is 79.4 Å². The molecule has 0 aliphatic rings. The fourth-order valence-electron chi connectivity index (χ4n) is 5.28. The number of fused-ring (bicyclic) bond motifs is 1. The maximum atomic E-state index is 13.7. The van der Waals surface area contributed by atoms with Crippen molar-refractivity contribution in [3.63, 3.8) is 0 Å². The van der Waals surface area contributed by atoms with E-state index in [1.165, 1.54) is 5.56 Å². The quantitative estimate of drug-likeness (QED) is 0.155. The molecule has 1 aromatic heterocycles. The summed E-state index contributed by atoms with van der Waals surface area (Å²) in [7, 11) is 0. The van der Waals surface area contributed by atoms with Gasteiger partial charge in [0.05, 0.1) is 5.56 Å². The number of carboxylic acids is 1. The second-order valence-corrected chi connectivity index (χ2v) is 10.9. The van der Waals surface area contributed by atoms with Gasteiger partial charge >= 0.3 is 5.97 Å². The number of aromatic nitrogens is 1. The van der Waals surface area contributed by atoms with Crippen LogP contribution in [0.5, 0.6) is 5.75 Å². The van der Waals surface area contributed by atoms with E-state index in [4.69, 9.17) is 9.84 Å². The molecular formula is C36H35NO4. The average molecular weight is 546 g/mol. The largest absolute Gasteiger partial charge is 0.481 e. The molecule has 1 heterocycles. The standard InChI is InChI=1S/C36H35NO4/c1-24(2)23-25-15-17-28(18-16-25)36(27-9-4-3-5-10-27)41-29-21-19-26(20-22-29)35(40)34-30-11-6-7-12-31(30)37-32(34)13-8-14-33(38)39/h3-7,9-12,15-22,24,36-37H,8,13-14,23H2,1-2H3,(H,38,39). The number of carbonyl (C=O) groups excluding carboxylic acids is 1. The number of H-pyrrole nitrogens is 1. The van der Waals surface area contributed by atoms with Crippen LogP contribution in [0, 0.1) is 5.92 Å². The van der Waals surface area contributed by atoms with Crippen LogP contribution in [0.2, 0.25) is 0 Å². The van der Waals surface area contributed by atoms with Gasteiger partial charge < -0.3 is 14.8 Å². The molecule has 0 aliphatic carbocycles. The summed E-state index contributed by atoms with van der Waals surface area (Å²) in [6, 6.07) is 33.7. The lowest BCUT2D eigenvalue weighted by Gasteiger charge is -2.21. The third-order valence-corrected chi connectivity index (χ3v) is 7.23. The summed E-state index contributed by atoms with van der Waals surface area (Å²) < 4.78 is 6.53. The Labute approximate surface area is 240 Å². The van der Waals surface area contributed by atoms with Crippen LogP contribution in [0.25, 0.3) is 10.9 Å². The molecule has 2 N–H and O–H groups in total. The summed E-state index contributed by atoms with van der Waals surface area (Å²) in [5.41, 5.74) is 6.20. The molecule has 0 amide bonds. The predicted molar refractivity (Wildman–Crippen MR) is 163 cm³/mol. The molecule has 208 valence electrons. The van der Waals surface area contributed by atoms with Gasteiger partial charge in [0.1, 0.15) is 11.9 Å². The molecule has 0 saturated carbocycles. The number of aryl methyl sites for hydroxylation is 1. The highest BCUT2D eigenvalue weighted by Gasteiger charge is 2.21. The fourth-order valence-corrected chi connectivity index (χ4v) is 5.28. The van der Waals surface area contributed by atoms with Crippen molar-refractivity contribution in [3.8, 4) is 5.75 Å². The van der Waals surface area contributed by atoms with Crippen LogP contribution in [0.4, 0.5) is 0 Å². The lowest BCUT2D eigenvalue weighted by atomic mass is 9.97. The number of nitrogens with one attached hydrogen (secondary N) is 1. The van der Waals surface area contributed by atoms with E-state index in [1.807, 2.05) is 54.6 Å². The zero-order valence-electron chi connectivity index (χ0n) is 23.5. The van der Waals surface area contributed by atoms with Crippen molar-refractivity contribution < 1.29 is 19.4 Å². The van der Waals surface area contributed by atoms with Gasteiger partial charge in [0, 0.05) is 28.6 Å². The normalized spacial score (nSPS) is 12.0. The molecule has 1 atom stereocenters. The van der Waals surface area contributed by atoms with Gasteiger partial charge in [-0.1, -0.05) is 86.6 Å². The number of hydrogen-bond donors (Lipinski definition) is 2. The second-order valence-electron chi connectivity index (χ2n) is 10.9. The minimum absolute atomic E-state index is 0.0536. The van der Waals surface area contributed by atoms with E-state index in [1.54, 1.807) is 12.1 Å². The first kappa shape index (κ1) is 27.9. The molecule has 5 rings (SSSR count). The molecule has 4 aromatic carbocycles. The molecule has 0 fully saturated rings. The number of ether oxygens (including phenoxy) is 1. The van der Waals surface area contributed by atoms with Crippen molar-refractivity contribution in [2.45, 2.75) is 45.6 Å². The number of para-hydroxylation sites is 1. The summed E-state index contributed by atoms with van der Waals surface area (Å²) in [5, 5.41) is 9.92. The smallest absolute Gasteiger partial charge is 0.303 e. The maximum Gasteiger partial charge on any atom is 0.303 e. The van der Waals surface area contributed by atoms with Crippen LogP contribution in [0.15, 0.2) is 103 Å². The Morgan fingerprint density at radius 1 is 0.805 bits per heavy atom. The van der Waals surface area contributed by atoms with Crippen LogP contribution in [0.3, 0.4) is 0 Å². The fraction of sp³-hybridized carbons (Fsp3) is 0.222. The molecule has 5 heteroatoms. The molecule has 0 aliphatic heterocycles. The van der Waals surface area contributed by atoms with Crippen molar-refractivity contribution in [1.82, 2.24) is 4.98 Å². The molecule has 0 radical (unpaired) electrons. The number of carbonyl (C=O) groups is 2. The van der Waals surface area contributed by atoms with E-state index in [2.05, 4.69) is 55.2 Å². The average Bonchev–Trinajstić information content (AvgIpc) is 3.34. The molecule has 0 spiro atoms. The van der Waals surface area contributed by atoms with E-state index < -0.39 is 5.97 Å². The highest BCUT2D eigenvalue weighted by atomic mass is 16.5. The van der Waals surface area contributed by atoms with Gasteiger partial charge in [-0.25, -0.2) is 0 Å². The molecule has 0 saturated heterocycles. The Morgan fingerprint density at radius 3 is 2.15 bits per heavy atom. The number of aliphatic carboxylic acids is 1. The molecule has 1 unspecified atom stereocenters. The van der Waals surface area contributed by atoms with Gasteiger partial charge in [0.2, 0.25) is 0 Å². The van der Waals surface area contributed by atoms with E-state index in [0.717, 1.165) is 34.1 Å². The van der Waals surface area contributed by atoms with Gasteiger partial charge in [-0.05, 0) is 72.2 Å². The lowest BCUT2D eigenvalue weighted by molar-refractivity contribution is -0.137. The molecule has 5 aromatic rings. The molecule has 0 bridgehead atoms. The third-order valence-electron chi connectivity index (χ3n) is 7.23. The van der Waals surface area contributed by atoms with E-state index in [-0.39, 0.29) is 18.3 Å². The van der Waals surface area contributed by atoms with E-state index in [9.17, 15) is 9.59 Å². The Bertz CT molecular complexity index is 1620. The number of carboxylic acid groups (broad SMARTS) is 1. The van der Waals surface area contributed by atoms with Crippen LogP contribution < -0.4 is 4.74 Å². The highest BCUT2D eigenvalue weighted by molar-refractivity contribution is 6.17. The zero-order chi connectivity index (χ0) is 28.8. The van der Waals surface area contributed by atoms with Crippen LogP contribution in [0.1, 0.15) is 71.1 Å². The van der Waals surface area contributed by atoms with Gasteiger partial charge in [-0.15, -0.1) is 0 Å². The lowest BCUT2D eigenvalue weighted by Crippen LogP contribution is -2.10. The van der Waals surface area contributed by atoms with Gasteiger partial charge in [0.25, 0.3) is 0 Å². The predicted octanol–water partition coefficient (Wildman–Crippen LogP) is 8.17. The summed E-state index contributed by atoms with van der Waals surface area (Å²) in [5.74, 6) is 0.320. The maximum absolute atomic E-state index is 13.7. The Morgan fingerprint density at radius 2 is 1.46 bits per heavy atom. The monoisotopic (exact) mass is 545 g/mol. The molecular weight excluding hydrogens is 510 g/mol. The number of benzene rings is 4. The Hall–Kier alpha value is -4.64. The highest BCUT2D eigenvalue weighted by Crippen LogP contribution is 2.31. The second kappa shape index (κ2) is 12.7. The van der Waals surface area contributed by atoms with Crippen molar-refractivity contribution in [1.29, 1.82) is 0 Å². The first-order valence-electron chi connectivity index (χ1n) is 14.2.